The quantitative estimate of drug-likeness (QED) is 0.511. The Bertz CT molecular complexity index is 75.8. The molecule has 0 aromatic rings. The van der Waals surface area contributed by atoms with Crippen molar-refractivity contribution in [2.75, 3.05) is 46.3 Å². The first-order valence-electron chi connectivity index (χ1n) is 4.91. The van der Waals surface area contributed by atoms with Crippen molar-refractivity contribution in [1.82, 2.24) is 15.5 Å². The van der Waals surface area contributed by atoms with Gasteiger partial charge in [-0.1, -0.05) is 13.8 Å². The Balaban J connectivity index is 3.04. The van der Waals surface area contributed by atoms with Crippen LogP contribution in [0.1, 0.15) is 13.8 Å². The first-order valence-corrected chi connectivity index (χ1v) is 4.91. The molecule has 12 heavy (non-hydrogen) atoms. The third kappa shape index (κ3) is 7.98. The molecule has 0 amide bonds. The number of hydrogen-bond donors (Lipinski definition) is 2. The van der Waals surface area contributed by atoms with Gasteiger partial charge in [0, 0.05) is 26.2 Å². The molecular formula is C9H23N3. The predicted molar refractivity (Wildman–Crippen MR) is 54.6 cm³/mol. The molecule has 0 saturated carbocycles. The van der Waals surface area contributed by atoms with Crippen molar-refractivity contribution in [3.8, 4) is 0 Å². The smallest absolute Gasteiger partial charge is 0.0104 e. The van der Waals surface area contributed by atoms with Crippen LogP contribution in [-0.2, 0) is 0 Å². The van der Waals surface area contributed by atoms with Crippen LogP contribution in [0.5, 0.6) is 0 Å². The van der Waals surface area contributed by atoms with E-state index in [0.29, 0.717) is 0 Å². The van der Waals surface area contributed by atoms with Crippen LogP contribution in [0.3, 0.4) is 0 Å². The number of likely N-dealkylation sites (N-methyl/N-ethyl adjacent to an activating group) is 3. The molecule has 0 aliphatic rings. The van der Waals surface area contributed by atoms with E-state index in [-0.39, 0.29) is 0 Å². The first-order chi connectivity index (χ1) is 5.81. The molecule has 3 nitrogen and oxygen atoms in total. The molecule has 0 aliphatic heterocycles. The lowest BCUT2D eigenvalue weighted by Gasteiger charge is -2.16. The summed E-state index contributed by atoms with van der Waals surface area (Å²) in [5.74, 6) is 0. The van der Waals surface area contributed by atoms with Crippen LogP contribution >= 0.6 is 0 Å². The van der Waals surface area contributed by atoms with Crippen molar-refractivity contribution in [2.24, 2.45) is 0 Å². The van der Waals surface area contributed by atoms with Gasteiger partial charge in [0.25, 0.3) is 0 Å². The van der Waals surface area contributed by atoms with Crippen molar-refractivity contribution in [2.45, 2.75) is 13.8 Å². The molecule has 0 bridgehead atoms. The molecule has 0 radical (unpaired) electrons. The zero-order valence-electron chi connectivity index (χ0n) is 8.69. The minimum atomic E-state index is 1.07. The Kier molecular flexibility index (Phi) is 8.88. The molecule has 2 N–H and O–H groups in total. The number of nitrogens with one attached hydrogen (secondary N) is 2. The molecule has 0 rings (SSSR count). The second kappa shape index (κ2) is 8.97. The van der Waals surface area contributed by atoms with Crippen LogP contribution < -0.4 is 10.6 Å². The minimum absolute atomic E-state index is 1.07. The number of rotatable bonds is 8. The molecule has 3 heteroatoms. The Labute approximate surface area is 76.5 Å². The van der Waals surface area contributed by atoms with Gasteiger partial charge in [0.1, 0.15) is 0 Å². The van der Waals surface area contributed by atoms with Gasteiger partial charge in [0.15, 0.2) is 0 Å². The molecule has 0 aromatic carbocycles. The lowest BCUT2D eigenvalue weighted by Crippen LogP contribution is -2.34. The molecule has 0 heterocycles. The van der Waals surface area contributed by atoms with E-state index in [0.717, 1.165) is 39.3 Å². The van der Waals surface area contributed by atoms with Gasteiger partial charge < -0.3 is 15.5 Å². The maximum absolute atomic E-state index is 3.31. The second-order valence-corrected chi connectivity index (χ2v) is 3.01. The minimum Gasteiger partial charge on any atom is -0.316 e. The molecule has 0 atom stereocenters. The Morgan fingerprint density at radius 3 is 1.67 bits per heavy atom. The van der Waals surface area contributed by atoms with Crippen LogP contribution in [0.25, 0.3) is 0 Å². The van der Waals surface area contributed by atoms with E-state index in [4.69, 9.17) is 0 Å². The zero-order valence-corrected chi connectivity index (χ0v) is 8.69. The molecule has 0 unspecified atom stereocenters. The average molecular weight is 173 g/mol. The van der Waals surface area contributed by atoms with Gasteiger partial charge in [-0.2, -0.15) is 0 Å². The van der Waals surface area contributed by atoms with Gasteiger partial charge in [-0.25, -0.2) is 0 Å². The molecule has 0 spiro atoms. The lowest BCUT2D eigenvalue weighted by molar-refractivity contribution is 0.331. The normalized spacial score (nSPS) is 11.0. The summed E-state index contributed by atoms with van der Waals surface area (Å²) in [6, 6.07) is 0. The average Bonchev–Trinajstić information content (AvgIpc) is 2.06. The predicted octanol–water partition coefficient (Wildman–Crippen LogP) is 0.137. The van der Waals surface area contributed by atoms with E-state index < -0.39 is 0 Å². The summed E-state index contributed by atoms with van der Waals surface area (Å²) in [5, 5.41) is 6.61. The molecular weight excluding hydrogens is 150 g/mol. The van der Waals surface area contributed by atoms with E-state index in [2.05, 4.69) is 36.4 Å². The summed E-state index contributed by atoms with van der Waals surface area (Å²) in [4.78, 5) is 2.34. The standard InChI is InChI=1S/C9H23N3/c1-4-10-6-8-12(3)9-7-11-5-2/h10-11H,4-9H2,1-3H3. The van der Waals surface area contributed by atoms with Gasteiger partial charge >= 0.3 is 0 Å². The highest BCUT2D eigenvalue weighted by Crippen LogP contribution is 1.78. The van der Waals surface area contributed by atoms with Crippen molar-refractivity contribution >= 4 is 0 Å². The fourth-order valence-electron chi connectivity index (χ4n) is 1.01. The topological polar surface area (TPSA) is 27.3 Å². The zero-order chi connectivity index (χ0) is 9.23. The largest absolute Gasteiger partial charge is 0.316 e. The van der Waals surface area contributed by atoms with E-state index in [1.54, 1.807) is 0 Å². The Morgan fingerprint density at radius 2 is 1.33 bits per heavy atom. The highest BCUT2D eigenvalue weighted by molar-refractivity contribution is 4.55. The van der Waals surface area contributed by atoms with Gasteiger partial charge in [-0.05, 0) is 20.1 Å². The van der Waals surface area contributed by atoms with Crippen LogP contribution in [0.4, 0.5) is 0 Å². The van der Waals surface area contributed by atoms with Crippen molar-refractivity contribution in [3.05, 3.63) is 0 Å². The maximum Gasteiger partial charge on any atom is 0.0104 e. The number of hydrogen-bond acceptors (Lipinski definition) is 3. The van der Waals surface area contributed by atoms with Gasteiger partial charge in [0.2, 0.25) is 0 Å². The molecule has 0 aromatic heterocycles. The third-order valence-electron chi connectivity index (χ3n) is 1.84. The van der Waals surface area contributed by atoms with E-state index in [1.165, 1.54) is 0 Å². The van der Waals surface area contributed by atoms with Crippen LogP contribution in [0.2, 0.25) is 0 Å². The summed E-state index contributed by atoms with van der Waals surface area (Å²) in [5.41, 5.74) is 0. The summed E-state index contributed by atoms with van der Waals surface area (Å²) in [6.45, 7) is 10.9. The summed E-state index contributed by atoms with van der Waals surface area (Å²) in [6.07, 6.45) is 0. The Morgan fingerprint density at radius 1 is 0.917 bits per heavy atom. The first kappa shape index (κ1) is 11.9. The highest BCUT2D eigenvalue weighted by atomic mass is 15.1. The van der Waals surface area contributed by atoms with Crippen molar-refractivity contribution < 1.29 is 0 Å². The van der Waals surface area contributed by atoms with E-state index in [1.807, 2.05) is 0 Å². The van der Waals surface area contributed by atoms with Crippen molar-refractivity contribution in [3.63, 3.8) is 0 Å². The van der Waals surface area contributed by atoms with Gasteiger partial charge in [-0.3, -0.25) is 0 Å². The SMILES string of the molecule is CCNCCN(C)CCNCC. The maximum atomic E-state index is 3.31. The van der Waals surface area contributed by atoms with Crippen molar-refractivity contribution in [1.29, 1.82) is 0 Å². The van der Waals surface area contributed by atoms with Crippen LogP contribution in [0.15, 0.2) is 0 Å². The Hall–Kier alpha value is -0.120. The van der Waals surface area contributed by atoms with Crippen LogP contribution in [-0.4, -0.2) is 51.2 Å². The third-order valence-corrected chi connectivity index (χ3v) is 1.84. The monoisotopic (exact) mass is 173 g/mol. The van der Waals surface area contributed by atoms with Gasteiger partial charge in [-0.15, -0.1) is 0 Å². The van der Waals surface area contributed by atoms with Crippen LogP contribution in [0, 0.1) is 0 Å². The highest BCUT2D eigenvalue weighted by Gasteiger charge is 1.95. The molecule has 0 fully saturated rings. The summed E-state index contributed by atoms with van der Waals surface area (Å²) < 4.78 is 0. The lowest BCUT2D eigenvalue weighted by atomic mass is 10.5. The molecule has 0 saturated heterocycles. The fourth-order valence-corrected chi connectivity index (χ4v) is 1.01. The molecule has 0 aliphatic carbocycles. The van der Waals surface area contributed by atoms with Gasteiger partial charge in [0.05, 0.1) is 0 Å². The fraction of sp³-hybridized carbons (Fsp3) is 1.00. The number of nitrogens with zero attached hydrogens (tertiary/aromatic N) is 1. The summed E-state index contributed by atoms with van der Waals surface area (Å²) in [7, 11) is 2.16. The van der Waals surface area contributed by atoms with E-state index in [9.17, 15) is 0 Å². The summed E-state index contributed by atoms with van der Waals surface area (Å²) >= 11 is 0. The molecule has 74 valence electrons. The second-order valence-electron chi connectivity index (χ2n) is 3.01. The van der Waals surface area contributed by atoms with E-state index >= 15 is 0 Å².